The average molecular weight is 618 g/mol. The monoisotopic (exact) mass is 616 g/mol. The molecule has 2 aliphatic rings. The number of fused-ring (bicyclic) bond motifs is 1. The van der Waals surface area contributed by atoms with Gasteiger partial charge in [-0.15, -0.1) is 0 Å². The fourth-order valence-electron chi connectivity index (χ4n) is 5.34. The van der Waals surface area contributed by atoms with Crippen LogP contribution < -0.4 is 20.3 Å². The van der Waals surface area contributed by atoms with Gasteiger partial charge in [-0.2, -0.15) is 4.98 Å². The first-order valence-corrected chi connectivity index (χ1v) is 14.6. The van der Waals surface area contributed by atoms with Gasteiger partial charge in [0, 0.05) is 62.5 Å². The van der Waals surface area contributed by atoms with Crippen LogP contribution in [0.15, 0.2) is 35.8 Å². The molecule has 42 heavy (non-hydrogen) atoms. The van der Waals surface area contributed by atoms with Crippen molar-refractivity contribution in [1.82, 2.24) is 24.3 Å². The maximum absolute atomic E-state index is 14.2. The van der Waals surface area contributed by atoms with Crippen molar-refractivity contribution in [2.75, 3.05) is 65.5 Å². The lowest BCUT2D eigenvalue weighted by molar-refractivity contribution is -0.127. The van der Waals surface area contributed by atoms with Crippen LogP contribution in [0.2, 0.25) is 10.0 Å². The van der Waals surface area contributed by atoms with Crippen molar-refractivity contribution in [3.63, 3.8) is 0 Å². The van der Waals surface area contributed by atoms with E-state index in [1.807, 2.05) is 0 Å². The predicted molar refractivity (Wildman–Crippen MR) is 163 cm³/mol. The molecule has 13 heteroatoms. The second-order valence-electron chi connectivity index (χ2n) is 10.2. The first-order chi connectivity index (χ1) is 20.3. The van der Waals surface area contributed by atoms with Crippen molar-refractivity contribution in [2.24, 2.45) is 0 Å². The fraction of sp³-hybridized carbons (Fsp3) is 0.448. The number of aryl methyl sites for hydroxylation is 1. The van der Waals surface area contributed by atoms with Crippen molar-refractivity contribution in [3.8, 4) is 22.6 Å². The van der Waals surface area contributed by atoms with E-state index >= 15 is 0 Å². The zero-order valence-corrected chi connectivity index (χ0v) is 25.2. The number of rotatable bonds is 10. The molecule has 2 aromatic heterocycles. The number of amides is 1. The number of hydrogen-bond acceptors (Lipinski definition) is 9. The molecule has 1 unspecified atom stereocenters. The molecular weight excluding hydrogens is 583 g/mol. The largest absolute Gasteiger partial charge is 0.495 e. The molecule has 1 aromatic carbocycles. The molecule has 0 radical (unpaired) electrons. The Kier molecular flexibility index (Phi) is 9.52. The van der Waals surface area contributed by atoms with Crippen LogP contribution >= 0.6 is 23.2 Å². The number of pyridine rings is 1. The molecule has 224 valence electrons. The van der Waals surface area contributed by atoms with Crippen LogP contribution in [-0.2, 0) is 16.1 Å². The smallest absolute Gasteiger partial charge is 0.260 e. The van der Waals surface area contributed by atoms with Crippen molar-refractivity contribution < 1.29 is 19.0 Å². The van der Waals surface area contributed by atoms with E-state index in [2.05, 4.69) is 21.8 Å². The van der Waals surface area contributed by atoms with Gasteiger partial charge in [0.15, 0.2) is 0 Å². The summed E-state index contributed by atoms with van der Waals surface area (Å²) < 4.78 is 18.0. The van der Waals surface area contributed by atoms with Crippen LogP contribution in [0.4, 0.5) is 5.95 Å². The van der Waals surface area contributed by atoms with Gasteiger partial charge in [-0.1, -0.05) is 29.8 Å². The molecule has 0 saturated carbocycles. The third kappa shape index (κ3) is 6.19. The summed E-state index contributed by atoms with van der Waals surface area (Å²) in [6.45, 7) is 8.78. The molecule has 4 heterocycles. The number of benzene rings is 1. The predicted octanol–water partition coefficient (Wildman–Crippen LogP) is 3.70. The minimum absolute atomic E-state index is 0.0516. The zero-order valence-electron chi connectivity index (χ0n) is 23.7. The summed E-state index contributed by atoms with van der Waals surface area (Å²) in [5.41, 5.74) is 0.823. The Bertz CT molecular complexity index is 1510. The summed E-state index contributed by atoms with van der Waals surface area (Å²) in [4.78, 5) is 39.5. The summed E-state index contributed by atoms with van der Waals surface area (Å²) in [6, 6.07) is 3.40. The zero-order chi connectivity index (χ0) is 29.8. The fourth-order valence-corrected chi connectivity index (χ4v) is 6.05. The molecule has 11 nitrogen and oxygen atoms in total. The maximum Gasteiger partial charge on any atom is 0.260 e. The van der Waals surface area contributed by atoms with Gasteiger partial charge in [-0.25, -0.2) is 4.98 Å². The van der Waals surface area contributed by atoms with E-state index in [-0.39, 0.29) is 27.6 Å². The number of aromatic nitrogens is 3. The molecule has 2 aliphatic heterocycles. The Hall–Kier alpha value is -3.38. The topological polar surface area (TPSA) is 111 Å². The van der Waals surface area contributed by atoms with Gasteiger partial charge in [0.25, 0.3) is 5.56 Å². The first kappa shape index (κ1) is 30.1. The van der Waals surface area contributed by atoms with Crippen molar-refractivity contribution >= 4 is 46.1 Å². The van der Waals surface area contributed by atoms with Crippen LogP contribution in [0, 0.1) is 0 Å². The third-order valence-electron chi connectivity index (χ3n) is 7.65. The van der Waals surface area contributed by atoms with E-state index in [9.17, 15) is 9.59 Å². The average Bonchev–Trinajstić information content (AvgIpc) is 3.52. The molecule has 1 atom stereocenters. The Morgan fingerprint density at radius 2 is 1.86 bits per heavy atom. The second kappa shape index (κ2) is 13.3. The highest BCUT2D eigenvalue weighted by molar-refractivity contribution is 6.41. The maximum atomic E-state index is 14.2. The number of nitrogens with zero attached hydrogens (tertiary/aromatic N) is 5. The van der Waals surface area contributed by atoms with E-state index in [0.29, 0.717) is 78.9 Å². The van der Waals surface area contributed by atoms with Crippen molar-refractivity contribution in [1.29, 1.82) is 0 Å². The van der Waals surface area contributed by atoms with Crippen LogP contribution in [0.25, 0.3) is 22.2 Å². The standard InChI is InChI=1S/C29H34Cl2N6O5/c1-4-23(38)36-11-9-35(10-12-36)7-5-8-37-27-18(16-32-29(34-27)33-19-6-13-42-17-19)14-20(28(37)39)24-25(30)21(40-2)15-22(41-3)26(24)31/h4,14-16,19H,1,5-13,17H2,2-3H3,(H,32,33,34). The summed E-state index contributed by atoms with van der Waals surface area (Å²) in [5.74, 6) is 1.05. The van der Waals surface area contributed by atoms with Crippen molar-refractivity contribution in [2.45, 2.75) is 25.4 Å². The summed E-state index contributed by atoms with van der Waals surface area (Å²) in [7, 11) is 2.98. The number of anilines is 1. The van der Waals surface area contributed by atoms with Gasteiger partial charge < -0.3 is 24.4 Å². The molecule has 0 spiro atoms. The van der Waals surface area contributed by atoms with E-state index in [4.69, 9.17) is 42.4 Å². The van der Waals surface area contributed by atoms with E-state index < -0.39 is 0 Å². The van der Waals surface area contributed by atoms with Gasteiger partial charge in [0.2, 0.25) is 11.9 Å². The first-order valence-electron chi connectivity index (χ1n) is 13.8. The molecule has 3 aromatic rings. The molecule has 2 saturated heterocycles. The van der Waals surface area contributed by atoms with Gasteiger partial charge in [0.1, 0.15) is 17.1 Å². The number of ether oxygens (including phenoxy) is 3. The quantitative estimate of drug-likeness (QED) is 0.341. The second-order valence-corrected chi connectivity index (χ2v) is 11.0. The summed E-state index contributed by atoms with van der Waals surface area (Å²) in [6.07, 6.45) is 4.57. The number of hydrogen-bond donors (Lipinski definition) is 1. The van der Waals surface area contributed by atoms with Crippen LogP contribution in [0.5, 0.6) is 11.5 Å². The molecule has 1 N–H and O–H groups in total. The van der Waals surface area contributed by atoms with Crippen LogP contribution in [0.1, 0.15) is 12.8 Å². The van der Waals surface area contributed by atoms with E-state index in [0.717, 1.165) is 26.1 Å². The van der Waals surface area contributed by atoms with Gasteiger partial charge in [0.05, 0.1) is 42.5 Å². The van der Waals surface area contributed by atoms with E-state index in [1.54, 1.807) is 27.8 Å². The normalized spacial score (nSPS) is 17.4. The van der Waals surface area contributed by atoms with Crippen LogP contribution in [0.3, 0.4) is 0 Å². The summed E-state index contributed by atoms with van der Waals surface area (Å²) >= 11 is 13.4. The van der Waals surface area contributed by atoms with Gasteiger partial charge >= 0.3 is 0 Å². The Morgan fingerprint density at radius 3 is 2.48 bits per heavy atom. The molecule has 2 fully saturated rings. The van der Waals surface area contributed by atoms with Gasteiger partial charge in [-0.3, -0.25) is 19.1 Å². The lowest BCUT2D eigenvalue weighted by Gasteiger charge is -2.34. The van der Waals surface area contributed by atoms with E-state index in [1.165, 1.54) is 20.3 Å². The highest BCUT2D eigenvalue weighted by atomic mass is 35.5. The highest BCUT2D eigenvalue weighted by Gasteiger charge is 2.24. The minimum atomic E-state index is -0.295. The summed E-state index contributed by atoms with van der Waals surface area (Å²) in [5, 5.41) is 4.38. The number of carbonyl (C=O) groups excluding carboxylic acids is 1. The third-order valence-corrected chi connectivity index (χ3v) is 8.40. The Morgan fingerprint density at radius 1 is 1.14 bits per heavy atom. The highest BCUT2D eigenvalue weighted by Crippen LogP contribution is 2.45. The number of nitrogens with one attached hydrogen (secondary N) is 1. The van der Waals surface area contributed by atoms with Crippen LogP contribution in [-0.4, -0.2) is 96.4 Å². The molecule has 1 amide bonds. The Labute approximate surface area is 254 Å². The Balaban J connectivity index is 1.50. The van der Waals surface area contributed by atoms with Gasteiger partial charge in [-0.05, 0) is 31.5 Å². The lowest BCUT2D eigenvalue weighted by atomic mass is 10.0. The number of methoxy groups -OCH3 is 2. The molecule has 5 rings (SSSR count). The van der Waals surface area contributed by atoms with Crippen molar-refractivity contribution in [3.05, 3.63) is 51.4 Å². The molecule has 0 bridgehead atoms. The lowest BCUT2D eigenvalue weighted by Crippen LogP contribution is -2.48. The number of halogens is 2. The molecule has 0 aliphatic carbocycles. The number of carbonyl (C=O) groups is 1. The SMILES string of the molecule is C=CC(=O)N1CCN(CCCn2c(=O)c(-c3c(Cl)c(OC)cc(OC)c3Cl)cc3cnc(NC4CCOC4)nc32)CC1. The number of piperazine rings is 1. The molecular formula is C29H34Cl2N6O5. The minimum Gasteiger partial charge on any atom is -0.495 e.